The number of fused-ring (bicyclic) bond motifs is 3. The van der Waals surface area contributed by atoms with Crippen molar-refractivity contribution in [2.45, 2.75) is 13.1 Å². The molecule has 1 aliphatic rings. The van der Waals surface area contributed by atoms with Crippen molar-refractivity contribution in [2.24, 2.45) is 10.7 Å². The molecule has 4 N–H and O–H groups in total. The fourth-order valence-electron chi connectivity index (χ4n) is 3.18. The fraction of sp³-hybridized carbons (Fsp3) is 0.118. The van der Waals surface area contributed by atoms with Gasteiger partial charge in [0.2, 0.25) is 5.95 Å². The third-order valence-electron chi connectivity index (χ3n) is 4.28. The lowest BCUT2D eigenvalue weighted by molar-refractivity contribution is 0.543. The smallest absolute Gasteiger partial charge is 0.212 e. The number of aryl methyl sites for hydroxylation is 1. The van der Waals surface area contributed by atoms with Crippen molar-refractivity contribution in [1.82, 2.24) is 19.7 Å². The van der Waals surface area contributed by atoms with E-state index in [9.17, 15) is 0 Å². The van der Waals surface area contributed by atoms with E-state index < -0.39 is 0 Å². The highest BCUT2D eigenvalue weighted by atomic mass is 16.3. The van der Waals surface area contributed by atoms with Gasteiger partial charge in [-0.15, -0.1) is 0 Å². The van der Waals surface area contributed by atoms with E-state index in [1.807, 2.05) is 47.9 Å². The number of benzene rings is 1. The van der Waals surface area contributed by atoms with E-state index >= 15 is 0 Å². The number of nitrogens with one attached hydrogen (secondary N) is 2. The standard InChI is InChI=1S/C17H15N7O/c1-9-6-7-13(25-9)14-10(8-19-23-14)15-21-16(18)22-17-20-11-4-2-3-5-12(11)24(15)17/h2-8,15H,1H3,(H,19,23)(H3,18,20,21,22). The lowest BCUT2D eigenvalue weighted by atomic mass is 10.1. The topological polar surface area (TPSA) is 110 Å². The Morgan fingerprint density at radius 1 is 1.20 bits per heavy atom. The van der Waals surface area contributed by atoms with Gasteiger partial charge in [0.1, 0.15) is 11.5 Å². The van der Waals surface area contributed by atoms with E-state index in [0.29, 0.717) is 17.7 Å². The van der Waals surface area contributed by atoms with Gasteiger partial charge in [-0.1, -0.05) is 12.1 Å². The number of aliphatic imine (C=N–C) groups is 1. The Balaban J connectivity index is 1.73. The van der Waals surface area contributed by atoms with Crippen LogP contribution in [-0.4, -0.2) is 25.7 Å². The van der Waals surface area contributed by atoms with E-state index in [-0.39, 0.29) is 6.17 Å². The first-order valence-corrected chi connectivity index (χ1v) is 7.88. The molecule has 3 aromatic heterocycles. The summed E-state index contributed by atoms with van der Waals surface area (Å²) in [6.07, 6.45) is 1.36. The van der Waals surface area contributed by atoms with E-state index in [2.05, 4.69) is 25.5 Å². The second-order valence-corrected chi connectivity index (χ2v) is 5.92. The zero-order valence-corrected chi connectivity index (χ0v) is 13.4. The summed E-state index contributed by atoms with van der Waals surface area (Å²) in [5.74, 6) is 2.51. The molecule has 1 atom stereocenters. The molecule has 4 aromatic rings. The quantitative estimate of drug-likeness (QED) is 0.522. The Morgan fingerprint density at radius 3 is 2.92 bits per heavy atom. The maximum absolute atomic E-state index is 5.99. The maximum atomic E-state index is 5.99. The lowest BCUT2D eigenvalue weighted by Crippen LogP contribution is -2.31. The van der Waals surface area contributed by atoms with Crippen molar-refractivity contribution in [1.29, 1.82) is 0 Å². The molecule has 8 nitrogen and oxygen atoms in total. The third-order valence-corrected chi connectivity index (χ3v) is 4.28. The van der Waals surface area contributed by atoms with Crippen LogP contribution in [0, 0.1) is 6.92 Å². The predicted molar refractivity (Wildman–Crippen MR) is 94.1 cm³/mol. The zero-order chi connectivity index (χ0) is 17.0. The summed E-state index contributed by atoms with van der Waals surface area (Å²) in [5.41, 5.74) is 9.47. The van der Waals surface area contributed by atoms with Crippen molar-refractivity contribution in [3.05, 3.63) is 53.9 Å². The Hall–Kier alpha value is -3.55. The minimum atomic E-state index is -0.386. The molecule has 1 unspecified atom stereocenters. The SMILES string of the molecule is Cc1ccc(-c2[nH]ncc2C2N=C(N)Nc3nc4ccccc4n32)o1. The summed E-state index contributed by atoms with van der Waals surface area (Å²) in [4.78, 5) is 9.19. The number of rotatable bonds is 2. The van der Waals surface area contributed by atoms with Crippen LogP contribution in [0.1, 0.15) is 17.5 Å². The summed E-state index contributed by atoms with van der Waals surface area (Å²) in [6, 6.07) is 11.7. The van der Waals surface area contributed by atoms with Gasteiger partial charge in [0.05, 0.1) is 17.2 Å². The van der Waals surface area contributed by atoms with Crippen LogP contribution in [0.15, 0.2) is 52.0 Å². The highest BCUT2D eigenvalue weighted by molar-refractivity contribution is 5.94. The molecule has 0 spiro atoms. The molecule has 1 aliphatic heterocycles. The number of para-hydroxylation sites is 2. The van der Waals surface area contributed by atoms with Crippen molar-refractivity contribution < 1.29 is 4.42 Å². The van der Waals surface area contributed by atoms with E-state index in [4.69, 9.17) is 10.2 Å². The van der Waals surface area contributed by atoms with Gasteiger partial charge in [0.25, 0.3) is 0 Å². The van der Waals surface area contributed by atoms with Crippen LogP contribution in [0.2, 0.25) is 0 Å². The van der Waals surface area contributed by atoms with Crippen molar-refractivity contribution >= 4 is 22.9 Å². The highest BCUT2D eigenvalue weighted by Gasteiger charge is 2.28. The molecule has 0 amide bonds. The lowest BCUT2D eigenvalue weighted by Gasteiger charge is -2.23. The Labute approximate surface area is 142 Å². The normalized spacial score (nSPS) is 16.5. The molecular formula is C17H15N7O. The van der Waals surface area contributed by atoms with Crippen molar-refractivity contribution in [3.63, 3.8) is 0 Å². The minimum Gasteiger partial charge on any atom is -0.460 e. The number of aromatic nitrogens is 4. The van der Waals surface area contributed by atoms with Crippen LogP contribution in [0.25, 0.3) is 22.5 Å². The summed E-state index contributed by atoms with van der Waals surface area (Å²) < 4.78 is 7.76. The molecule has 8 heteroatoms. The number of nitrogens with two attached hydrogens (primary N) is 1. The Bertz CT molecular complexity index is 1120. The first kappa shape index (κ1) is 13.8. The first-order valence-electron chi connectivity index (χ1n) is 7.88. The van der Waals surface area contributed by atoms with Gasteiger partial charge >= 0.3 is 0 Å². The van der Waals surface area contributed by atoms with E-state index in [1.165, 1.54) is 0 Å². The molecule has 0 saturated carbocycles. The predicted octanol–water partition coefficient (Wildman–Crippen LogP) is 2.61. The van der Waals surface area contributed by atoms with Gasteiger partial charge in [0, 0.05) is 5.56 Å². The number of guanidine groups is 1. The van der Waals surface area contributed by atoms with Crippen LogP contribution >= 0.6 is 0 Å². The average Bonchev–Trinajstić information content (AvgIpc) is 3.30. The molecule has 124 valence electrons. The average molecular weight is 333 g/mol. The third kappa shape index (κ3) is 2.04. The van der Waals surface area contributed by atoms with Gasteiger partial charge < -0.3 is 10.2 Å². The molecule has 1 aromatic carbocycles. The molecule has 4 heterocycles. The van der Waals surface area contributed by atoms with E-state index in [0.717, 1.165) is 28.1 Å². The van der Waals surface area contributed by atoms with Crippen molar-refractivity contribution in [2.75, 3.05) is 5.32 Å². The van der Waals surface area contributed by atoms with Gasteiger partial charge in [-0.3, -0.25) is 15.0 Å². The maximum Gasteiger partial charge on any atom is 0.212 e. The van der Waals surface area contributed by atoms with Crippen LogP contribution in [0.4, 0.5) is 5.95 Å². The number of imidazole rings is 1. The molecule has 0 aliphatic carbocycles. The van der Waals surface area contributed by atoms with Gasteiger partial charge in [0.15, 0.2) is 17.9 Å². The second-order valence-electron chi connectivity index (χ2n) is 5.92. The molecule has 0 radical (unpaired) electrons. The number of hydrogen-bond donors (Lipinski definition) is 3. The molecular weight excluding hydrogens is 318 g/mol. The zero-order valence-electron chi connectivity index (χ0n) is 13.4. The highest BCUT2D eigenvalue weighted by Crippen LogP contribution is 2.36. The van der Waals surface area contributed by atoms with Gasteiger partial charge in [-0.05, 0) is 31.2 Å². The molecule has 0 saturated heterocycles. The summed E-state index contributed by atoms with van der Waals surface area (Å²) >= 11 is 0. The van der Waals surface area contributed by atoms with Crippen LogP contribution in [0.5, 0.6) is 0 Å². The Kier molecular flexibility index (Phi) is 2.75. The number of aromatic amines is 1. The largest absolute Gasteiger partial charge is 0.460 e. The molecule has 25 heavy (non-hydrogen) atoms. The monoisotopic (exact) mass is 333 g/mol. The van der Waals surface area contributed by atoms with Crippen LogP contribution in [0.3, 0.4) is 0 Å². The van der Waals surface area contributed by atoms with Gasteiger partial charge in [-0.25, -0.2) is 9.98 Å². The van der Waals surface area contributed by atoms with Crippen LogP contribution < -0.4 is 11.1 Å². The first-order chi connectivity index (χ1) is 12.2. The second kappa shape index (κ2) is 4.97. The van der Waals surface area contributed by atoms with Crippen molar-refractivity contribution in [3.8, 4) is 11.5 Å². The van der Waals surface area contributed by atoms with Gasteiger partial charge in [-0.2, -0.15) is 5.10 Å². The summed E-state index contributed by atoms with van der Waals surface area (Å²) in [6.45, 7) is 1.90. The number of furan rings is 1. The fourth-order valence-corrected chi connectivity index (χ4v) is 3.18. The Morgan fingerprint density at radius 2 is 2.08 bits per heavy atom. The van der Waals surface area contributed by atoms with E-state index in [1.54, 1.807) is 6.20 Å². The number of hydrogen-bond acceptors (Lipinski definition) is 6. The number of nitrogens with zero attached hydrogens (tertiary/aromatic N) is 4. The number of anilines is 1. The molecule has 5 rings (SSSR count). The summed E-state index contributed by atoms with van der Waals surface area (Å²) in [7, 11) is 0. The molecule has 0 bridgehead atoms. The van der Waals surface area contributed by atoms with Crippen LogP contribution in [-0.2, 0) is 0 Å². The summed E-state index contributed by atoms with van der Waals surface area (Å²) in [5, 5.41) is 10.2. The molecule has 0 fully saturated rings. The minimum absolute atomic E-state index is 0.315. The number of H-pyrrole nitrogens is 1.